The molecule has 0 radical (unpaired) electrons. The van der Waals surface area contributed by atoms with Gasteiger partial charge in [-0.2, -0.15) is 0 Å². The Morgan fingerprint density at radius 2 is 1.91 bits per heavy atom. The third kappa shape index (κ3) is 1.99. The van der Waals surface area contributed by atoms with Gasteiger partial charge in [-0.25, -0.2) is 4.79 Å². The van der Waals surface area contributed by atoms with Crippen LogP contribution in [-0.2, 0) is 9.59 Å². The molecule has 0 fully saturated rings. The Balaban J connectivity index is 4.56. The largest absolute Gasteiger partial charge is 0.479 e. The number of hydrogen-bond donors (Lipinski definition) is 3. The second-order valence-corrected chi connectivity index (χ2v) is 2.53. The van der Waals surface area contributed by atoms with Gasteiger partial charge in [0.15, 0.2) is 5.78 Å². The summed E-state index contributed by atoms with van der Waals surface area (Å²) in [7, 11) is 0. The van der Waals surface area contributed by atoms with Crippen LogP contribution in [-0.4, -0.2) is 33.6 Å². The van der Waals surface area contributed by atoms with Gasteiger partial charge in [0.2, 0.25) is 5.60 Å². The van der Waals surface area contributed by atoms with Crippen LogP contribution in [0.1, 0.15) is 13.8 Å². The maximum Gasteiger partial charge on any atom is 0.343 e. The van der Waals surface area contributed by atoms with Crippen molar-refractivity contribution in [2.75, 3.05) is 0 Å². The predicted octanol–water partition coefficient (Wildman–Crippen LogP) is -1.26. The smallest absolute Gasteiger partial charge is 0.343 e. The molecule has 0 aliphatic carbocycles. The normalized spacial score (nSPS) is 18.5. The van der Waals surface area contributed by atoms with Gasteiger partial charge in [0.25, 0.3) is 0 Å². The first-order valence-electron chi connectivity index (χ1n) is 3.05. The molecule has 11 heavy (non-hydrogen) atoms. The van der Waals surface area contributed by atoms with Gasteiger partial charge in [-0.1, -0.05) is 0 Å². The number of ketones is 1. The molecule has 0 aliphatic rings. The third-order valence-corrected chi connectivity index (χ3v) is 1.31. The number of Topliss-reactive ketones (excluding diaryl/α,β-unsaturated/α-hetero) is 1. The molecule has 0 bridgehead atoms. The van der Waals surface area contributed by atoms with E-state index in [2.05, 4.69) is 0 Å². The standard InChI is InChI=1S/C6H11NO4/c1-3(7)4(8)6(2,11)5(9)10/h3,11H,7H2,1-2H3,(H,9,10)/t3-,6-/m0/s1. The van der Waals surface area contributed by atoms with Crippen LogP contribution in [0.5, 0.6) is 0 Å². The fourth-order valence-corrected chi connectivity index (χ4v) is 0.549. The van der Waals surface area contributed by atoms with Crippen molar-refractivity contribution in [3.8, 4) is 0 Å². The number of rotatable bonds is 3. The van der Waals surface area contributed by atoms with E-state index in [1.807, 2.05) is 0 Å². The fraction of sp³-hybridized carbons (Fsp3) is 0.667. The van der Waals surface area contributed by atoms with Gasteiger partial charge in [-0.05, 0) is 13.8 Å². The lowest BCUT2D eigenvalue weighted by atomic mass is 9.97. The van der Waals surface area contributed by atoms with Crippen LogP contribution in [0.15, 0.2) is 0 Å². The molecule has 0 rings (SSSR count). The Morgan fingerprint density at radius 1 is 1.55 bits per heavy atom. The second-order valence-electron chi connectivity index (χ2n) is 2.53. The van der Waals surface area contributed by atoms with E-state index in [4.69, 9.17) is 15.9 Å². The zero-order valence-corrected chi connectivity index (χ0v) is 6.37. The molecule has 0 spiro atoms. The van der Waals surface area contributed by atoms with E-state index in [0.717, 1.165) is 6.92 Å². The molecule has 0 aliphatic heterocycles. The van der Waals surface area contributed by atoms with E-state index in [-0.39, 0.29) is 0 Å². The SMILES string of the molecule is C[C@H](N)C(=O)[C@](C)(O)C(=O)O. The molecule has 0 saturated carbocycles. The van der Waals surface area contributed by atoms with E-state index in [1.165, 1.54) is 6.92 Å². The van der Waals surface area contributed by atoms with Crippen molar-refractivity contribution in [1.82, 2.24) is 0 Å². The average Bonchev–Trinajstić information content (AvgIpc) is 1.85. The van der Waals surface area contributed by atoms with Gasteiger partial charge in [-0.3, -0.25) is 4.79 Å². The minimum atomic E-state index is -2.37. The van der Waals surface area contributed by atoms with Crippen molar-refractivity contribution in [2.24, 2.45) is 5.73 Å². The summed E-state index contributed by atoms with van der Waals surface area (Å²) in [6.45, 7) is 2.22. The molecule has 4 N–H and O–H groups in total. The lowest BCUT2D eigenvalue weighted by Gasteiger charge is -2.17. The lowest BCUT2D eigenvalue weighted by Crippen LogP contribution is -2.50. The number of carboxylic acid groups (broad SMARTS) is 1. The van der Waals surface area contributed by atoms with Crippen molar-refractivity contribution < 1.29 is 19.8 Å². The fourth-order valence-electron chi connectivity index (χ4n) is 0.549. The van der Waals surface area contributed by atoms with Crippen LogP contribution in [0.3, 0.4) is 0 Å². The van der Waals surface area contributed by atoms with Crippen molar-refractivity contribution in [3.05, 3.63) is 0 Å². The van der Waals surface area contributed by atoms with Gasteiger partial charge in [0, 0.05) is 0 Å². The summed E-state index contributed by atoms with van der Waals surface area (Å²) in [6.07, 6.45) is 0. The number of aliphatic carboxylic acids is 1. The Bertz CT molecular complexity index is 185. The Labute approximate surface area is 63.8 Å². The van der Waals surface area contributed by atoms with E-state index in [1.54, 1.807) is 0 Å². The van der Waals surface area contributed by atoms with Gasteiger partial charge >= 0.3 is 5.97 Å². The molecule has 0 saturated heterocycles. The third-order valence-electron chi connectivity index (χ3n) is 1.31. The highest BCUT2D eigenvalue weighted by molar-refractivity contribution is 6.07. The van der Waals surface area contributed by atoms with Crippen LogP contribution in [0.4, 0.5) is 0 Å². The summed E-state index contributed by atoms with van der Waals surface area (Å²) in [5, 5.41) is 17.3. The van der Waals surface area contributed by atoms with Crippen molar-refractivity contribution in [3.63, 3.8) is 0 Å². The maximum atomic E-state index is 10.9. The summed E-state index contributed by atoms with van der Waals surface area (Å²) in [5.41, 5.74) is 2.72. The first-order chi connectivity index (χ1) is 4.80. The predicted molar refractivity (Wildman–Crippen MR) is 36.9 cm³/mol. The highest BCUT2D eigenvalue weighted by atomic mass is 16.4. The summed E-state index contributed by atoms with van der Waals surface area (Å²) >= 11 is 0. The lowest BCUT2D eigenvalue weighted by molar-refractivity contribution is -0.163. The number of aliphatic hydroxyl groups is 1. The average molecular weight is 161 g/mol. The Hall–Kier alpha value is -0.940. The minimum absolute atomic E-state index is 0.898. The highest BCUT2D eigenvalue weighted by Gasteiger charge is 2.40. The molecular weight excluding hydrogens is 150 g/mol. The van der Waals surface area contributed by atoms with Gasteiger partial charge in [0.1, 0.15) is 0 Å². The van der Waals surface area contributed by atoms with E-state index in [0.29, 0.717) is 0 Å². The molecular formula is C6H11NO4. The van der Waals surface area contributed by atoms with Crippen LogP contribution < -0.4 is 5.73 Å². The maximum absolute atomic E-state index is 10.9. The molecule has 5 nitrogen and oxygen atoms in total. The topological polar surface area (TPSA) is 101 Å². The molecule has 0 aromatic rings. The van der Waals surface area contributed by atoms with Crippen molar-refractivity contribution in [2.45, 2.75) is 25.5 Å². The van der Waals surface area contributed by atoms with Gasteiger partial charge in [-0.15, -0.1) is 0 Å². The first-order valence-corrected chi connectivity index (χ1v) is 3.05. The number of carboxylic acids is 1. The second kappa shape index (κ2) is 2.98. The van der Waals surface area contributed by atoms with E-state index >= 15 is 0 Å². The summed E-state index contributed by atoms with van der Waals surface area (Å²) in [5.74, 6) is -2.48. The first kappa shape index (κ1) is 10.1. The highest BCUT2D eigenvalue weighted by Crippen LogP contribution is 2.06. The van der Waals surface area contributed by atoms with Crippen molar-refractivity contribution >= 4 is 11.8 Å². The molecule has 2 atom stereocenters. The summed E-state index contributed by atoms with van der Waals surface area (Å²) in [4.78, 5) is 21.1. The van der Waals surface area contributed by atoms with Crippen molar-refractivity contribution in [1.29, 1.82) is 0 Å². The monoisotopic (exact) mass is 161 g/mol. The van der Waals surface area contributed by atoms with Crippen LogP contribution in [0.25, 0.3) is 0 Å². The minimum Gasteiger partial charge on any atom is -0.479 e. The van der Waals surface area contributed by atoms with E-state index in [9.17, 15) is 9.59 Å². The van der Waals surface area contributed by atoms with Crippen LogP contribution in [0, 0.1) is 0 Å². The Kier molecular flexibility index (Phi) is 2.72. The zero-order chi connectivity index (χ0) is 9.23. The summed E-state index contributed by atoms with van der Waals surface area (Å²) in [6, 6.07) is -0.971. The molecule has 0 amide bonds. The summed E-state index contributed by atoms with van der Waals surface area (Å²) < 4.78 is 0. The number of nitrogens with two attached hydrogens (primary N) is 1. The molecule has 5 heteroatoms. The quantitative estimate of drug-likeness (QED) is 0.448. The van der Waals surface area contributed by atoms with E-state index < -0.39 is 23.4 Å². The zero-order valence-electron chi connectivity index (χ0n) is 6.37. The number of carbonyl (C=O) groups is 2. The molecule has 0 heterocycles. The molecule has 64 valence electrons. The molecule has 0 aromatic heterocycles. The van der Waals surface area contributed by atoms with Crippen LogP contribution in [0.2, 0.25) is 0 Å². The number of carbonyl (C=O) groups excluding carboxylic acids is 1. The number of hydrogen-bond acceptors (Lipinski definition) is 4. The van der Waals surface area contributed by atoms with Gasteiger partial charge < -0.3 is 15.9 Å². The van der Waals surface area contributed by atoms with Gasteiger partial charge in [0.05, 0.1) is 6.04 Å². The van der Waals surface area contributed by atoms with Crippen LogP contribution >= 0.6 is 0 Å². The Morgan fingerprint density at radius 3 is 2.00 bits per heavy atom. The molecule has 0 unspecified atom stereocenters. The molecule has 0 aromatic carbocycles.